The number of likely N-dealkylation sites (N-methyl/N-ethyl adjacent to an activating group) is 1. The fraction of sp³-hybridized carbons (Fsp3) is 0.240. The third-order valence-electron chi connectivity index (χ3n) is 6.09. The zero-order chi connectivity index (χ0) is 23.7. The van der Waals surface area contributed by atoms with Crippen LogP contribution in [0.4, 0.5) is 17.3 Å². The molecule has 9 heteroatoms. The molecule has 1 saturated heterocycles. The topological polar surface area (TPSA) is 66.3 Å². The molecular formula is C25H24BrClN6O. The number of hydrogen-bond donors (Lipinski definition) is 1. The van der Waals surface area contributed by atoms with Gasteiger partial charge < -0.3 is 15.1 Å². The van der Waals surface area contributed by atoms with Gasteiger partial charge in [0.25, 0.3) is 5.56 Å². The molecule has 1 aliphatic rings. The highest BCUT2D eigenvalue weighted by Crippen LogP contribution is 2.26. The summed E-state index contributed by atoms with van der Waals surface area (Å²) < 4.78 is 2.46. The number of fused-ring (bicyclic) bond motifs is 1. The Balaban J connectivity index is 1.41. The van der Waals surface area contributed by atoms with Crippen molar-refractivity contribution in [1.29, 1.82) is 0 Å². The fourth-order valence-electron chi connectivity index (χ4n) is 4.08. The van der Waals surface area contributed by atoms with Gasteiger partial charge in [-0.15, -0.1) is 0 Å². The van der Waals surface area contributed by atoms with Crippen molar-refractivity contribution >= 4 is 55.9 Å². The number of nitrogens with zero attached hydrogens (tertiary/aromatic N) is 5. The minimum atomic E-state index is -0.152. The van der Waals surface area contributed by atoms with E-state index < -0.39 is 0 Å². The van der Waals surface area contributed by atoms with Gasteiger partial charge in [0, 0.05) is 70.3 Å². The van der Waals surface area contributed by atoms with Crippen molar-refractivity contribution in [3.05, 3.63) is 86.2 Å². The maximum Gasteiger partial charge on any atom is 0.252 e. The molecule has 174 valence electrons. The van der Waals surface area contributed by atoms with Gasteiger partial charge in [-0.1, -0.05) is 33.6 Å². The normalized spacial score (nSPS) is 14.5. The summed E-state index contributed by atoms with van der Waals surface area (Å²) in [5.41, 5.74) is 3.31. The highest BCUT2D eigenvalue weighted by atomic mass is 79.9. The molecule has 1 fully saturated rings. The van der Waals surface area contributed by atoms with Crippen molar-refractivity contribution in [2.75, 3.05) is 43.4 Å². The molecule has 0 aliphatic carbocycles. The van der Waals surface area contributed by atoms with Crippen molar-refractivity contribution in [3.8, 4) is 0 Å². The van der Waals surface area contributed by atoms with E-state index in [9.17, 15) is 4.79 Å². The number of hydrogen-bond acceptors (Lipinski definition) is 6. The van der Waals surface area contributed by atoms with E-state index in [1.807, 2.05) is 30.3 Å². The van der Waals surface area contributed by atoms with Gasteiger partial charge in [-0.05, 0) is 49.5 Å². The lowest BCUT2D eigenvalue weighted by Crippen LogP contribution is -2.44. The van der Waals surface area contributed by atoms with Crippen LogP contribution in [0.15, 0.2) is 70.1 Å². The van der Waals surface area contributed by atoms with E-state index in [1.54, 1.807) is 16.8 Å². The molecule has 0 spiro atoms. The first kappa shape index (κ1) is 22.8. The van der Waals surface area contributed by atoms with Crippen molar-refractivity contribution < 1.29 is 0 Å². The predicted molar refractivity (Wildman–Crippen MR) is 141 cm³/mol. The molecule has 5 rings (SSSR count). The molecule has 3 heterocycles. The van der Waals surface area contributed by atoms with E-state index in [2.05, 4.69) is 60.2 Å². The quantitative estimate of drug-likeness (QED) is 0.395. The van der Waals surface area contributed by atoms with Crippen molar-refractivity contribution in [1.82, 2.24) is 19.4 Å². The largest absolute Gasteiger partial charge is 0.369 e. The Morgan fingerprint density at radius 3 is 2.53 bits per heavy atom. The number of anilines is 3. The first-order chi connectivity index (χ1) is 16.5. The van der Waals surface area contributed by atoms with Gasteiger partial charge in [0.2, 0.25) is 5.95 Å². The van der Waals surface area contributed by atoms with Crippen LogP contribution in [0, 0.1) is 0 Å². The second-order valence-electron chi connectivity index (χ2n) is 8.39. The minimum Gasteiger partial charge on any atom is -0.369 e. The second-order valence-corrected chi connectivity index (χ2v) is 9.65. The van der Waals surface area contributed by atoms with E-state index in [0.717, 1.165) is 47.3 Å². The molecule has 2 aromatic heterocycles. The maximum absolute atomic E-state index is 12.8. The van der Waals surface area contributed by atoms with Crippen LogP contribution >= 0.6 is 27.5 Å². The highest BCUT2D eigenvalue weighted by Gasteiger charge is 2.15. The number of nitrogens with one attached hydrogen (secondary N) is 1. The van der Waals surface area contributed by atoms with Gasteiger partial charge in [-0.2, -0.15) is 4.98 Å². The van der Waals surface area contributed by atoms with Gasteiger partial charge in [0.15, 0.2) is 0 Å². The molecular weight excluding hydrogens is 516 g/mol. The molecule has 7 nitrogen and oxygen atoms in total. The molecule has 1 aliphatic heterocycles. The maximum atomic E-state index is 12.8. The lowest BCUT2D eigenvalue weighted by molar-refractivity contribution is 0.313. The molecule has 0 unspecified atom stereocenters. The number of rotatable bonds is 5. The standard InChI is InChI=1S/C25H24BrClN6O/c1-31-11-13-32(14-12-31)19-8-6-18(7-9-19)29-25-28-15-17-5-10-23(34)33(24(17)30-25)16-20-21(26)3-2-4-22(20)27/h2-10,15H,11-14,16H2,1H3,(H,28,29,30). The summed E-state index contributed by atoms with van der Waals surface area (Å²) in [5, 5.41) is 4.63. The molecule has 34 heavy (non-hydrogen) atoms. The second kappa shape index (κ2) is 9.74. The van der Waals surface area contributed by atoms with Crippen LogP contribution in [0.1, 0.15) is 5.56 Å². The monoisotopic (exact) mass is 538 g/mol. The zero-order valence-corrected chi connectivity index (χ0v) is 21.1. The summed E-state index contributed by atoms with van der Waals surface area (Å²) >= 11 is 9.94. The molecule has 0 amide bonds. The SMILES string of the molecule is CN1CCN(c2ccc(Nc3ncc4ccc(=O)n(Cc5c(Cl)cccc5Br)c4n3)cc2)CC1. The summed E-state index contributed by atoms with van der Waals surface area (Å²) in [7, 11) is 2.15. The summed E-state index contributed by atoms with van der Waals surface area (Å²) in [6, 6.07) is 17.1. The molecule has 0 saturated carbocycles. The Morgan fingerprint density at radius 1 is 1.03 bits per heavy atom. The van der Waals surface area contributed by atoms with Gasteiger partial charge in [-0.25, -0.2) is 4.98 Å². The number of benzene rings is 2. The summed E-state index contributed by atoms with van der Waals surface area (Å²) in [6.45, 7) is 4.48. The summed E-state index contributed by atoms with van der Waals surface area (Å²) in [4.78, 5) is 26.6. The van der Waals surface area contributed by atoms with Crippen molar-refractivity contribution in [2.24, 2.45) is 0 Å². The Kier molecular flexibility index (Phi) is 6.54. The minimum absolute atomic E-state index is 0.152. The number of piperazine rings is 1. The van der Waals surface area contributed by atoms with Gasteiger partial charge in [-0.3, -0.25) is 9.36 Å². The van der Waals surface area contributed by atoms with E-state index >= 15 is 0 Å². The van der Waals surface area contributed by atoms with Crippen LogP contribution in [-0.4, -0.2) is 52.7 Å². The molecule has 2 aromatic carbocycles. The van der Waals surface area contributed by atoms with Crippen LogP contribution in [0.25, 0.3) is 11.0 Å². The van der Waals surface area contributed by atoms with Crippen LogP contribution < -0.4 is 15.8 Å². The molecule has 1 N–H and O–H groups in total. The third kappa shape index (κ3) is 4.80. The van der Waals surface area contributed by atoms with Crippen molar-refractivity contribution in [3.63, 3.8) is 0 Å². The van der Waals surface area contributed by atoms with Crippen LogP contribution in [0.3, 0.4) is 0 Å². The van der Waals surface area contributed by atoms with E-state index in [1.165, 1.54) is 11.8 Å². The highest BCUT2D eigenvalue weighted by molar-refractivity contribution is 9.10. The average molecular weight is 540 g/mol. The molecule has 4 aromatic rings. The Hall–Kier alpha value is -2.94. The van der Waals surface area contributed by atoms with Gasteiger partial charge in [0.05, 0.1) is 6.54 Å². The molecule has 0 bridgehead atoms. The van der Waals surface area contributed by atoms with Crippen LogP contribution in [0.2, 0.25) is 5.02 Å². The first-order valence-electron chi connectivity index (χ1n) is 11.1. The smallest absolute Gasteiger partial charge is 0.252 e. The van der Waals surface area contributed by atoms with E-state index in [4.69, 9.17) is 11.6 Å². The van der Waals surface area contributed by atoms with E-state index in [-0.39, 0.29) is 5.56 Å². The molecule has 0 atom stereocenters. The van der Waals surface area contributed by atoms with E-state index in [0.29, 0.717) is 23.2 Å². The third-order valence-corrected chi connectivity index (χ3v) is 7.19. The Labute approximate surface area is 211 Å². The number of halogens is 2. The Morgan fingerprint density at radius 2 is 1.79 bits per heavy atom. The average Bonchev–Trinajstić information content (AvgIpc) is 2.84. The lowest BCUT2D eigenvalue weighted by atomic mass is 10.2. The van der Waals surface area contributed by atoms with Crippen LogP contribution in [0.5, 0.6) is 0 Å². The van der Waals surface area contributed by atoms with Gasteiger partial charge in [0.1, 0.15) is 5.65 Å². The van der Waals surface area contributed by atoms with Gasteiger partial charge >= 0.3 is 0 Å². The predicted octanol–water partition coefficient (Wildman–Crippen LogP) is 4.75. The fourth-order valence-corrected chi connectivity index (χ4v) is 4.92. The summed E-state index contributed by atoms with van der Waals surface area (Å²) in [6.07, 6.45) is 1.72. The first-order valence-corrected chi connectivity index (χ1v) is 12.2. The summed E-state index contributed by atoms with van der Waals surface area (Å²) in [5.74, 6) is 0.428. The van der Waals surface area contributed by atoms with Crippen LogP contribution in [-0.2, 0) is 6.54 Å². The molecule has 0 radical (unpaired) electrons. The zero-order valence-electron chi connectivity index (χ0n) is 18.7. The van der Waals surface area contributed by atoms with Crippen molar-refractivity contribution in [2.45, 2.75) is 6.54 Å². The lowest BCUT2D eigenvalue weighted by Gasteiger charge is -2.34. The Bertz CT molecular complexity index is 1360. The number of aromatic nitrogens is 3. The number of pyridine rings is 1.